The highest BCUT2D eigenvalue weighted by Crippen LogP contribution is 2.31. The lowest BCUT2D eigenvalue weighted by atomic mass is 10.3. The zero-order valence-corrected chi connectivity index (χ0v) is 10.3. The van der Waals surface area contributed by atoms with Crippen LogP contribution >= 0.6 is 34.5 Å². The van der Waals surface area contributed by atoms with Crippen LogP contribution < -0.4 is 4.74 Å². The van der Waals surface area contributed by atoms with E-state index >= 15 is 0 Å². The molecular weight excluding hydrogens is 267 g/mol. The number of rotatable bonds is 3. The Kier molecular flexibility index (Phi) is 3.49. The molecule has 0 aliphatic heterocycles. The minimum absolute atomic E-state index is 0.435. The van der Waals surface area contributed by atoms with Gasteiger partial charge in [-0.05, 0) is 12.1 Å². The lowest BCUT2D eigenvalue weighted by Gasteiger charge is -2.03. The van der Waals surface area contributed by atoms with Crippen LogP contribution in [0.1, 0.15) is 9.67 Å². The van der Waals surface area contributed by atoms with Crippen molar-refractivity contribution in [3.05, 3.63) is 44.6 Å². The summed E-state index contributed by atoms with van der Waals surface area (Å²) in [6, 6.07) is 6.67. The van der Waals surface area contributed by atoms with E-state index in [0.29, 0.717) is 26.4 Å². The third kappa shape index (κ3) is 2.55. The number of thiophene rings is 1. The van der Waals surface area contributed by atoms with Crippen molar-refractivity contribution in [3.8, 4) is 11.5 Å². The van der Waals surface area contributed by atoms with Gasteiger partial charge in [0.05, 0.1) is 14.9 Å². The topological polar surface area (TPSA) is 26.3 Å². The molecule has 5 heteroatoms. The Labute approximate surface area is 106 Å². The number of benzene rings is 1. The zero-order chi connectivity index (χ0) is 11.5. The minimum Gasteiger partial charge on any atom is -0.456 e. The summed E-state index contributed by atoms with van der Waals surface area (Å²) < 4.78 is 5.51. The van der Waals surface area contributed by atoms with Crippen LogP contribution in [-0.4, -0.2) is 6.29 Å². The molecule has 0 N–H and O–H groups in total. The van der Waals surface area contributed by atoms with Gasteiger partial charge in [-0.3, -0.25) is 4.79 Å². The molecule has 0 aliphatic rings. The smallest absolute Gasteiger partial charge is 0.160 e. The largest absolute Gasteiger partial charge is 0.456 e. The quantitative estimate of drug-likeness (QED) is 0.760. The molecule has 2 nitrogen and oxygen atoms in total. The summed E-state index contributed by atoms with van der Waals surface area (Å²) in [7, 11) is 0. The molecule has 16 heavy (non-hydrogen) atoms. The van der Waals surface area contributed by atoms with Crippen molar-refractivity contribution >= 4 is 40.8 Å². The van der Waals surface area contributed by atoms with E-state index in [9.17, 15) is 4.79 Å². The van der Waals surface area contributed by atoms with E-state index in [1.807, 2.05) is 0 Å². The van der Waals surface area contributed by atoms with Gasteiger partial charge in [0.15, 0.2) is 6.29 Å². The second-order valence-electron chi connectivity index (χ2n) is 2.98. The Morgan fingerprint density at radius 1 is 1.12 bits per heavy atom. The second-order valence-corrected chi connectivity index (χ2v) is 4.74. The van der Waals surface area contributed by atoms with Crippen molar-refractivity contribution in [1.29, 1.82) is 0 Å². The molecule has 82 valence electrons. The van der Waals surface area contributed by atoms with Gasteiger partial charge < -0.3 is 4.74 Å². The number of hydrogen-bond acceptors (Lipinski definition) is 3. The number of carbonyl (C=O) groups excluding carboxylic acids is 1. The fourth-order valence-corrected chi connectivity index (χ4v) is 2.02. The first-order chi connectivity index (χ1) is 7.69. The van der Waals surface area contributed by atoms with Crippen LogP contribution in [0.4, 0.5) is 0 Å². The Morgan fingerprint density at radius 2 is 1.94 bits per heavy atom. The number of halogens is 2. The van der Waals surface area contributed by atoms with Gasteiger partial charge in [0.1, 0.15) is 11.5 Å². The van der Waals surface area contributed by atoms with Crippen molar-refractivity contribution in [1.82, 2.24) is 0 Å². The molecule has 0 spiro atoms. The standard InChI is InChI=1S/C11H6Cl2O2S/c12-10-2-1-7(4-11(10)13)15-8-3-9(5-14)16-6-8/h1-6H. The Hall–Kier alpha value is -1.03. The summed E-state index contributed by atoms with van der Waals surface area (Å²) in [5.74, 6) is 1.20. The van der Waals surface area contributed by atoms with Gasteiger partial charge in [-0.15, -0.1) is 11.3 Å². The second kappa shape index (κ2) is 4.87. The third-order valence-corrected chi connectivity index (χ3v) is 3.41. The Balaban J connectivity index is 2.20. The Morgan fingerprint density at radius 3 is 2.56 bits per heavy atom. The SMILES string of the molecule is O=Cc1cc(Oc2ccc(Cl)c(Cl)c2)cs1. The van der Waals surface area contributed by atoms with Gasteiger partial charge in [-0.25, -0.2) is 0 Å². The molecule has 0 fully saturated rings. The molecule has 0 atom stereocenters. The van der Waals surface area contributed by atoms with Gasteiger partial charge in [0.2, 0.25) is 0 Å². The summed E-state index contributed by atoms with van der Waals surface area (Å²) >= 11 is 12.9. The number of hydrogen-bond donors (Lipinski definition) is 0. The lowest BCUT2D eigenvalue weighted by molar-refractivity contribution is 0.112. The summed E-state index contributed by atoms with van der Waals surface area (Å²) in [6.45, 7) is 0. The normalized spacial score (nSPS) is 10.1. The van der Waals surface area contributed by atoms with Gasteiger partial charge in [-0.1, -0.05) is 23.2 Å². The first-order valence-corrected chi connectivity index (χ1v) is 5.99. The van der Waals surface area contributed by atoms with Gasteiger partial charge >= 0.3 is 0 Å². The molecule has 0 saturated carbocycles. The van der Waals surface area contributed by atoms with E-state index in [1.165, 1.54) is 11.3 Å². The molecule has 0 saturated heterocycles. The maximum absolute atomic E-state index is 10.5. The van der Waals surface area contributed by atoms with Crippen molar-refractivity contribution in [2.24, 2.45) is 0 Å². The Bertz CT molecular complexity index is 522. The molecule has 0 unspecified atom stereocenters. The third-order valence-electron chi connectivity index (χ3n) is 1.84. The molecule has 1 aromatic heterocycles. The van der Waals surface area contributed by atoms with Crippen LogP contribution in [0.15, 0.2) is 29.6 Å². The van der Waals surface area contributed by atoms with Gasteiger partial charge in [0.25, 0.3) is 0 Å². The molecule has 0 aliphatic carbocycles. The van der Waals surface area contributed by atoms with Crippen LogP contribution in [0.2, 0.25) is 10.0 Å². The van der Waals surface area contributed by atoms with E-state index in [0.717, 1.165) is 6.29 Å². The summed E-state index contributed by atoms with van der Waals surface area (Å²) in [5, 5.41) is 2.67. The van der Waals surface area contributed by atoms with Gasteiger partial charge in [0, 0.05) is 17.5 Å². The predicted octanol–water partition coefficient (Wildman–Crippen LogP) is 4.66. The number of carbonyl (C=O) groups is 1. The molecule has 1 aromatic carbocycles. The molecule has 2 aromatic rings. The molecule has 0 amide bonds. The van der Waals surface area contributed by atoms with Crippen LogP contribution in [0.25, 0.3) is 0 Å². The first-order valence-electron chi connectivity index (χ1n) is 4.35. The van der Waals surface area contributed by atoms with Crippen LogP contribution in [0.5, 0.6) is 11.5 Å². The van der Waals surface area contributed by atoms with Crippen molar-refractivity contribution < 1.29 is 9.53 Å². The molecular formula is C11H6Cl2O2S. The summed E-state index contributed by atoms with van der Waals surface area (Å²) in [6.07, 6.45) is 0.784. The fourth-order valence-electron chi connectivity index (χ4n) is 1.13. The lowest BCUT2D eigenvalue weighted by Crippen LogP contribution is -1.81. The van der Waals surface area contributed by atoms with Crippen molar-refractivity contribution in [2.45, 2.75) is 0 Å². The minimum atomic E-state index is 0.435. The number of aldehydes is 1. The van der Waals surface area contributed by atoms with Crippen LogP contribution in [-0.2, 0) is 0 Å². The fraction of sp³-hybridized carbons (Fsp3) is 0. The summed E-state index contributed by atoms with van der Waals surface area (Å²) in [5.41, 5.74) is 0. The summed E-state index contributed by atoms with van der Waals surface area (Å²) in [4.78, 5) is 11.1. The van der Waals surface area contributed by atoms with Crippen LogP contribution in [0.3, 0.4) is 0 Å². The van der Waals surface area contributed by atoms with Crippen LogP contribution in [0, 0.1) is 0 Å². The first kappa shape index (κ1) is 11.5. The maximum atomic E-state index is 10.5. The van der Waals surface area contributed by atoms with Crippen molar-refractivity contribution in [3.63, 3.8) is 0 Å². The highest BCUT2D eigenvalue weighted by Gasteiger charge is 2.04. The maximum Gasteiger partial charge on any atom is 0.160 e. The molecule has 1 heterocycles. The van der Waals surface area contributed by atoms with E-state index < -0.39 is 0 Å². The molecule has 0 bridgehead atoms. The van der Waals surface area contributed by atoms with Crippen molar-refractivity contribution in [2.75, 3.05) is 0 Å². The molecule has 2 rings (SSSR count). The van der Waals surface area contributed by atoms with Gasteiger partial charge in [-0.2, -0.15) is 0 Å². The average molecular weight is 273 g/mol. The zero-order valence-electron chi connectivity index (χ0n) is 7.94. The highest BCUT2D eigenvalue weighted by molar-refractivity contribution is 7.11. The van der Waals surface area contributed by atoms with E-state index in [-0.39, 0.29) is 0 Å². The average Bonchev–Trinajstić information content (AvgIpc) is 2.71. The van der Waals surface area contributed by atoms with E-state index in [1.54, 1.807) is 29.6 Å². The van der Waals surface area contributed by atoms with E-state index in [2.05, 4.69) is 0 Å². The predicted molar refractivity (Wildman–Crippen MR) is 66.2 cm³/mol. The molecule has 0 radical (unpaired) electrons. The monoisotopic (exact) mass is 272 g/mol. The number of ether oxygens (including phenoxy) is 1. The van der Waals surface area contributed by atoms with E-state index in [4.69, 9.17) is 27.9 Å². The highest BCUT2D eigenvalue weighted by atomic mass is 35.5.